The fourth-order valence-corrected chi connectivity index (χ4v) is 1.77. The third kappa shape index (κ3) is 2.85. The zero-order valence-electron chi connectivity index (χ0n) is 10.6. The van der Waals surface area contributed by atoms with Gasteiger partial charge in [0.2, 0.25) is 0 Å². The maximum Gasteiger partial charge on any atom is 0.274 e. The average Bonchev–Trinajstić information content (AvgIpc) is 2.46. The first kappa shape index (κ1) is 13.0. The molecule has 1 heterocycles. The Kier molecular flexibility index (Phi) is 4.03. The summed E-state index contributed by atoms with van der Waals surface area (Å²) in [5.41, 5.74) is 1.82. The van der Waals surface area contributed by atoms with Gasteiger partial charge in [-0.3, -0.25) is 9.78 Å². The second-order valence-corrected chi connectivity index (χ2v) is 4.03. The molecular weight excluding hydrogens is 238 g/mol. The fourth-order valence-electron chi connectivity index (χ4n) is 1.77. The van der Waals surface area contributed by atoms with Crippen molar-refractivity contribution in [2.45, 2.75) is 0 Å². The lowest BCUT2D eigenvalue weighted by molar-refractivity contribution is 0.0785. The van der Waals surface area contributed by atoms with Crippen molar-refractivity contribution < 1.29 is 4.79 Å². The molecule has 0 aliphatic carbocycles. The van der Waals surface area contributed by atoms with E-state index in [-0.39, 0.29) is 5.91 Å². The van der Waals surface area contributed by atoms with Crippen LogP contribution in [0.1, 0.15) is 10.5 Å². The summed E-state index contributed by atoms with van der Waals surface area (Å²) >= 11 is 0. The summed E-state index contributed by atoms with van der Waals surface area (Å²) in [6.45, 7) is 8.20. The van der Waals surface area contributed by atoms with Gasteiger partial charge < -0.3 is 4.90 Å². The van der Waals surface area contributed by atoms with E-state index in [1.807, 2.05) is 24.3 Å². The van der Waals surface area contributed by atoms with Crippen molar-refractivity contribution in [3.63, 3.8) is 0 Å². The van der Waals surface area contributed by atoms with E-state index >= 15 is 0 Å². The lowest BCUT2D eigenvalue weighted by atomic mass is 10.3. The van der Waals surface area contributed by atoms with Crippen molar-refractivity contribution in [1.29, 1.82) is 0 Å². The third-order valence-electron chi connectivity index (χ3n) is 2.65. The molecule has 4 nitrogen and oxygen atoms in total. The quantitative estimate of drug-likeness (QED) is 0.769. The number of para-hydroxylation sites is 2. The second kappa shape index (κ2) is 5.91. The molecule has 0 fully saturated rings. The standard InChI is InChI=1S/C15H15N3O/c1-3-9-18(10-4-2)15(19)14-11-16-12-7-5-6-8-13(12)17-14/h3-8,11H,1-2,9-10H2. The van der Waals surface area contributed by atoms with E-state index in [1.54, 1.807) is 17.1 Å². The Balaban J connectivity index is 2.33. The highest BCUT2D eigenvalue weighted by atomic mass is 16.2. The van der Waals surface area contributed by atoms with Crippen LogP contribution in [0.2, 0.25) is 0 Å². The minimum atomic E-state index is -0.168. The average molecular weight is 253 g/mol. The normalized spacial score (nSPS) is 10.1. The van der Waals surface area contributed by atoms with Gasteiger partial charge in [0.15, 0.2) is 0 Å². The SMILES string of the molecule is C=CCN(CC=C)C(=O)c1cnc2ccccc2n1. The summed E-state index contributed by atoms with van der Waals surface area (Å²) < 4.78 is 0. The van der Waals surface area contributed by atoms with E-state index in [0.717, 1.165) is 5.52 Å². The molecule has 0 aliphatic heterocycles. The summed E-state index contributed by atoms with van der Waals surface area (Å²) in [7, 11) is 0. The summed E-state index contributed by atoms with van der Waals surface area (Å²) in [4.78, 5) is 22.5. The van der Waals surface area contributed by atoms with Crippen molar-refractivity contribution in [1.82, 2.24) is 14.9 Å². The number of benzene rings is 1. The van der Waals surface area contributed by atoms with Crippen LogP contribution in [-0.4, -0.2) is 33.9 Å². The van der Waals surface area contributed by atoms with Crippen LogP contribution in [0.5, 0.6) is 0 Å². The number of carbonyl (C=O) groups is 1. The highest BCUT2D eigenvalue weighted by Crippen LogP contribution is 2.10. The molecule has 1 amide bonds. The van der Waals surface area contributed by atoms with Crippen molar-refractivity contribution in [3.05, 3.63) is 61.5 Å². The highest BCUT2D eigenvalue weighted by Gasteiger charge is 2.15. The first-order valence-corrected chi connectivity index (χ1v) is 5.99. The predicted molar refractivity (Wildman–Crippen MR) is 75.8 cm³/mol. The Hall–Kier alpha value is -2.49. The molecule has 0 saturated carbocycles. The van der Waals surface area contributed by atoms with Gasteiger partial charge in [-0.25, -0.2) is 4.98 Å². The molecule has 0 saturated heterocycles. The lowest BCUT2D eigenvalue weighted by Gasteiger charge is -2.18. The Morgan fingerprint density at radius 1 is 1.16 bits per heavy atom. The van der Waals surface area contributed by atoms with Gasteiger partial charge in [-0.1, -0.05) is 24.3 Å². The minimum absolute atomic E-state index is 0.168. The number of amides is 1. The van der Waals surface area contributed by atoms with Crippen molar-refractivity contribution in [3.8, 4) is 0 Å². The Morgan fingerprint density at radius 3 is 2.42 bits per heavy atom. The molecule has 1 aromatic heterocycles. The molecule has 4 heteroatoms. The van der Waals surface area contributed by atoms with E-state index in [0.29, 0.717) is 24.3 Å². The summed E-state index contributed by atoms with van der Waals surface area (Å²) in [6.07, 6.45) is 4.86. The number of aromatic nitrogens is 2. The van der Waals surface area contributed by atoms with Crippen LogP contribution in [0.4, 0.5) is 0 Å². The topological polar surface area (TPSA) is 46.1 Å². The van der Waals surface area contributed by atoms with E-state index in [1.165, 1.54) is 6.20 Å². The zero-order valence-corrected chi connectivity index (χ0v) is 10.6. The largest absolute Gasteiger partial charge is 0.330 e. The molecule has 2 rings (SSSR count). The highest BCUT2D eigenvalue weighted by molar-refractivity contribution is 5.94. The molecular formula is C15H15N3O. The van der Waals surface area contributed by atoms with Crippen LogP contribution >= 0.6 is 0 Å². The van der Waals surface area contributed by atoms with Gasteiger partial charge >= 0.3 is 0 Å². The summed E-state index contributed by atoms with van der Waals surface area (Å²) in [5.74, 6) is -0.168. The monoisotopic (exact) mass is 253 g/mol. The van der Waals surface area contributed by atoms with E-state index in [4.69, 9.17) is 0 Å². The van der Waals surface area contributed by atoms with Crippen LogP contribution in [0.3, 0.4) is 0 Å². The smallest absolute Gasteiger partial charge is 0.274 e. The molecule has 0 N–H and O–H groups in total. The Morgan fingerprint density at radius 2 is 1.79 bits per heavy atom. The van der Waals surface area contributed by atoms with Gasteiger partial charge in [-0.05, 0) is 12.1 Å². The van der Waals surface area contributed by atoms with Gasteiger partial charge in [0.05, 0.1) is 17.2 Å². The molecule has 0 atom stereocenters. The molecule has 19 heavy (non-hydrogen) atoms. The van der Waals surface area contributed by atoms with Crippen molar-refractivity contribution in [2.75, 3.05) is 13.1 Å². The van der Waals surface area contributed by atoms with Crippen LogP contribution in [0.15, 0.2) is 55.8 Å². The maximum atomic E-state index is 12.3. The second-order valence-electron chi connectivity index (χ2n) is 4.03. The van der Waals surface area contributed by atoms with Crippen LogP contribution in [-0.2, 0) is 0 Å². The molecule has 0 bridgehead atoms. The molecule has 0 spiro atoms. The number of fused-ring (bicyclic) bond motifs is 1. The summed E-state index contributed by atoms with van der Waals surface area (Å²) in [5, 5.41) is 0. The van der Waals surface area contributed by atoms with Crippen LogP contribution < -0.4 is 0 Å². The number of nitrogens with zero attached hydrogens (tertiary/aromatic N) is 3. The molecule has 2 aromatic rings. The van der Waals surface area contributed by atoms with E-state index < -0.39 is 0 Å². The van der Waals surface area contributed by atoms with Crippen molar-refractivity contribution in [2.24, 2.45) is 0 Å². The Labute approximate surface area is 112 Å². The molecule has 96 valence electrons. The number of carbonyl (C=O) groups excluding carboxylic acids is 1. The maximum absolute atomic E-state index is 12.3. The number of hydrogen-bond donors (Lipinski definition) is 0. The van der Waals surface area contributed by atoms with Gasteiger partial charge in [0.1, 0.15) is 5.69 Å². The predicted octanol–water partition coefficient (Wildman–Crippen LogP) is 2.44. The molecule has 0 radical (unpaired) electrons. The van der Waals surface area contributed by atoms with E-state index in [2.05, 4.69) is 23.1 Å². The number of hydrogen-bond acceptors (Lipinski definition) is 3. The van der Waals surface area contributed by atoms with E-state index in [9.17, 15) is 4.79 Å². The first-order chi connectivity index (χ1) is 9.26. The molecule has 1 aromatic carbocycles. The van der Waals surface area contributed by atoms with Crippen molar-refractivity contribution >= 4 is 16.9 Å². The zero-order chi connectivity index (χ0) is 13.7. The lowest BCUT2D eigenvalue weighted by Crippen LogP contribution is -2.32. The first-order valence-electron chi connectivity index (χ1n) is 5.99. The third-order valence-corrected chi connectivity index (χ3v) is 2.65. The van der Waals surface area contributed by atoms with Crippen LogP contribution in [0, 0.1) is 0 Å². The van der Waals surface area contributed by atoms with Gasteiger partial charge in [0, 0.05) is 13.1 Å². The van der Waals surface area contributed by atoms with Gasteiger partial charge in [-0.2, -0.15) is 0 Å². The van der Waals surface area contributed by atoms with Gasteiger partial charge in [0.25, 0.3) is 5.91 Å². The Bertz CT molecular complexity index is 612. The molecule has 0 unspecified atom stereocenters. The summed E-state index contributed by atoms with van der Waals surface area (Å²) in [6, 6.07) is 7.46. The minimum Gasteiger partial charge on any atom is -0.330 e. The fraction of sp³-hybridized carbons (Fsp3) is 0.133. The van der Waals surface area contributed by atoms with Gasteiger partial charge in [-0.15, -0.1) is 13.2 Å². The number of rotatable bonds is 5. The molecule has 0 aliphatic rings. The van der Waals surface area contributed by atoms with Crippen LogP contribution in [0.25, 0.3) is 11.0 Å².